The van der Waals surface area contributed by atoms with Crippen LogP contribution in [0.3, 0.4) is 0 Å². The normalized spacial score (nSPS) is 17.6. The third kappa shape index (κ3) is 1.82. The van der Waals surface area contributed by atoms with Crippen LogP contribution >= 0.6 is 0 Å². The first-order chi connectivity index (χ1) is 6.81. The fraction of sp³-hybridized carbons (Fsp3) is 0.538. The quantitative estimate of drug-likeness (QED) is 0.663. The maximum absolute atomic E-state index is 13.6. The van der Waals surface area contributed by atoms with Gasteiger partial charge in [0.1, 0.15) is 5.82 Å². The molecule has 0 aliphatic heterocycles. The predicted octanol–water partition coefficient (Wildman–Crippen LogP) is 4.05. The lowest BCUT2D eigenvalue weighted by Gasteiger charge is -2.11. The van der Waals surface area contributed by atoms with Crippen molar-refractivity contribution in [3.63, 3.8) is 0 Å². The molecular weight excluding hydrogens is 175 g/mol. The van der Waals surface area contributed by atoms with Gasteiger partial charge in [-0.15, -0.1) is 0 Å². The second-order valence-corrected chi connectivity index (χ2v) is 4.19. The van der Waals surface area contributed by atoms with Crippen molar-refractivity contribution in [3.8, 4) is 0 Å². The maximum Gasteiger partial charge on any atom is 0.126 e. The largest absolute Gasteiger partial charge is 0.207 e. The van der Waals surface area contributed by atoms with Crippen LogP contribution in [0.4, 0.5) is 4.39 Å². The van der Waals surface area contributed by atoms with Crippen molar-refractivity contribution in [1.29, 1.82) is 0 Å². The lowest BCUT2D eigenvalue weighted by Crippen LogP contribution is -1.98. The van der Waals surface area contributed by atoms with Crippen LogP contribution in [-0.2, 0) is 6.42 Å². The van der Waals surface area contributed by atoms with Crippen LogP contribution in [0.2, 0.25) is 0 Å². The highest BCUT2D eigenvalue weighted by molar-refractivity contribution is 5.28. The summed E-state index contributed by atoms with van der Waals surface area (Å²) in [6, 6.07) is 5.59. The van der Waals surface area contributed by atoms with Crippen LogP contribution in [0.15, 0.2) is 18.2 Å². The monoisotopic (exact) mass is 192 g/mol. The van der Waals surface area contributed by atoms with E-state index in [1.807, 2.05) is 6.07 Å². The lowest BCUT2D eigenvalue weighted by atomic mass is 9.95. The average molecular weight is 192 g/mol. The maximum atomic E-state index is 13.6. The van der Waals surface area contributed by atoms with Gasteiger partial charge in [0.25, 0.3) is 0 Å². The van der Waals surface area contributed by atoms with E-state index in [-0.39, 0.29) is 5.82 Å². The van der Waals surface area contributed by atoms with E-state index in [4.69, 9.17) is 0 Å². The van der Waals surface area contributed by atoms with Crippen molar-refractivity contribution >= 4 is 0 Å². The minimum Gasteiger partial charge on any atom is -0.207 e. The molecular formula is C13H17F. The summed E-state index contributed by atoms with van der Waals surface area (Å²) in [7, 11) is 0. The Labute approximate surface area is 85.1 Å². The summed E-state index contributed by atoms with van der Waals surface area (Å²) >= 11 is 0. The highest BCUT2D eigenvalue weighted by atomic mass is 19.1. The Morgan fingerprint density at radius 1 is 1.29 bits per heavy atom. The molecule has 0 atom stereocenters. The molecule has 0 bridgehead atoms. The summed E-state index contributed by atoms with van der Waals surface area (Å²) in [5, 5.41) is 0. The van der Waals surface area contributed by atoms with E-state index in [9.17, 15) is 4.39 Å². The molecule has 0 saturated heterocycles. The summed E-state index contributed by atoms with van der Waals surface area (Å²) < 4.78 is 13.6. The van der Waals surface area contributed by atoms with Gasteiger partial charge in [0.05, 0.1) is 0 Å². The van der Waals surface area contributed by atoms with Crippen LogP contribution in [-0.4, -0.2) is 0 Å². The second-order valence-electron chi connectivity index (χ2n) is 4.19. The zero-order valence-corrected chi connectivity index (χ0v) is 8.72. The zero-order chi connectivity index (χ0) is 9.97. The molecule has 0 spiro atoms. The van der Waals surface area contributed by atoms with Gasteiger partial charge in [-0.2, -0.15) is 0 Å². The standard InChI is InChI=1S/C13H17F/c1-2-10-7-8-13(14)12(9-10)11-5-3-4-6-11/h7-9,11H,2-6H2,1H3. The molecule has 14 heavy (non-hydrogen) atoms. The summed E-state index contributed by atoms with van der Waals surface area (Å²) in [6.45, 7) is 2.12. The molecule has 0 N–H and O–H groups in total. The molecule has 1 heteroatoms. The summed E-state index contributed by atoms with van der Waals surface area (Å²) in [6.07, 6.45) is 5.87. The first-order valence-electron chi connectivity index (χ1n) is 5.59. The van der Waals surface area contributed by atoms with Gasteiger partial charge in [0.2, 0.25) is 0 Å². The smallest absolute Gasteiger partial charge is 0.126 e. The van der Waals surface area contributed by atoms with Crippen LogP contribution in [0.1, 0.15) is 49.7 Å². The van der Waals surface area contributed by atoms with E-state index in [0.717, 1.165) is 12.0 Å². The Hall–Kier alpha value is -0.850. The second kappa shape index (κ2) is 4.12. The van der Waals surface area contributed by atoms with Crippen molar-refractivity contribution in [1.82, 2.24) is 0 Å². The lowest BCUT2D eigenvalue weighted by molar-refractivity contribution is 0.579. The van der Waals surface area contributed by atoms with Crippen LogP contribution in [0.5, 0.6) is 0 Å². The first kappa shape index (κ1) is 9.70. The van der Waals surface area contributed by atoms with Gasteiger partial charge in [0.15, 0.2) is 0 Å². The molecule has 0 aromatic heterocycles. The number of halogens is 1. The van der Waals surface area contributed by atoms with Crippen molar-refractivity contribution in [2.45, 2.75) is 44.9 Å². The third-order valence-corrected chi connectivity index (χ3v) is 3.26. The molecule has 0 amide bonds. The van der Waals surface area contributed by atoms with Crippen molar-refractivity contribution in [2.75, 3.05) is 0 Å². The Balaban J connectivity index is 2.29. The minimum absolute atomic E-state index is 0.00546. The number of benzene rings is 1. The summed E-state index contributed by atoms with van der Waals surface area (Å²) in [5.74, 6) is 0.482. The molecule has 1 aromatic carbocycles. The van der Waals surface area contributed by atoms with Gasteiger partial charge in [-0.25, -0.2) is 4.39 Å². The van der Waals surface area contributed by atoms with E-state index >= 15 is 0 Å². The SMILES string of the molecule is CCc1ccc(F)c(C2CCCC2)c1. The molecule has 0 nitrogen and oxygen atoms in total. The molecule has 1 aliphatic rings. The molecule has 1 aliphatic carbocycles. The fourth-order valence-electron chi connectivity index (χ4n) is 2.36. The van der Waals surface area contributed by atoms with Crippen molar-refractivity contribution in [2.24, 2.45) is 0 Å². The third-order valence-electron chi connectivity index (χ3n) is 3.26. The van der Waals surface area contributed by atoms with Crippen LogP contribution in [0, 0.1) is 5.82 Å². The van der Waals surface area contributed by atoms with Crippen molar-refractivity contribution < 1.29 is 4.39 Å². The zero-order valence-electron chi connectivity index (χ0n) is 8.72. The average Bonchev–Trinajstić information content (AvgIpc) is 2.71. The van der Waals surface area contributed by atoms with Crippen LogP contribution in [0.25, 0.3) is 0 Å². The highest BCUT2D eigenvalue weighted by Gasteiger charge is 2.20. The van der Waals surface area contributed by atoms with Gasteiger partial charge in [-0.1, -0.05) is 31.9 Å². The van der Waals surface area contributed by atoms with Gasteiger partial charge in [-0.3, -0.25) is 0 Å². The Morgan fingerprint density at radius 2 is 2.00 bits per heavy atom. The summed E-state index contributed by atoms with van der Waals surface area (Å²) in [5.41, 5.74) is 2.22. The van der Waals surface area contributed by atoms with E-state index in [1.54, 1.807) is 6.07 Å². The molecule has 0 radical (unpaired) electrons. The Bertz CT molecular complexity index is 311. The molecule has 1 aromatic rings. The van der Waals surface area contributed by atoms with E-state index in [1.165, 1.54) is 31.2 Å². The van der Waals surface area contributed by atoms with Gasteiger partial charge >= 0.3 is 0 Å². The van der Waals surface area contributed by atoms with Gasteiger partial charge < -0.3 is 0 Å². The van der Waals surface area contributed by atoms with Crippen LogP contribution < -0.4 is 0 Å². The molecule has 2 rings (SSSR count). The number of aryl methyl sites for hydroxylation is 1. The Kier molecular flexibility index (Phi) is 2.85. The molecule has 76 valence electrons. The minimum atomic E-state index is -0.00546. The Morgan fingerprint density at radius 3 is 2.64 bits per heavy atom. The summed E-state index contributed by atoms with van der Waals surface area (Å²) in [4.78, 5) is 0. The number of hydrogen-bond donors (Lipinski definition) is 0. The van der Waals surface area contributed by atoms with E-state index < -0.39 is 0 Å². The fourth-order valence-corrected chi connectivity index (χ4v) is 2.36. The molecule has 1 fully saturated rings. The van der Waals surface area contributed by atoms with Gasteiger partial charge in [0, 0.05) is 0 Å². The molecule has 0 unspecified atom stereocenters. The topological polar surface area (TPSA) is 0 Å². The number of hydrogen-bond acceptors (Lipinski definition) is 0. The predicted molar refractivity (Wildman–Crippen MR) is 57.0 cm³/mol. The van der Waals surface area contributed by atoms with Gasteiger partial charge in [-0.05, 0) is 42.4 Å². The van der Waals surface area contributed by atoms with Crippen molar-refractivity contribution in [3.05, 3.63) is 35.1 Å². The first-order valence-corrected chi connectivity index (χ1v) is 5.59. The van der Waals surface area contributed by atoms with E-state index in [0.29, 0.717) is 5.92 Å². The molecule has 1 saturated carbocycles. The highest BCUT2D eigenvalue weighted by Crippen LogP contribution is 2.35. The van der Waals surface area contributed by atoms with E-state index in [2.05, 4.69) is 13.0 Å². The molecule has 0 heterocycles. The number of rotatable bonds is 2.